The zero-order valence-electron chi connectivity index (χ0n) is 12.0. The standard InChI is InChI=1S/C16H19NO4/c1-10(9-14(19)15-7-4-8-21-15)17-16(20)12-5-3-6-13(18)11(12)2/h3-8,10,14,18-19H,9H2,1-2H3,(H,17,20). The van der Waals surface area contributed by atoms with Gasteiger partial charge in [-0.3, -0.25) is 4.79 Å². The highest BCUT2D eigenvalue weighted by atomic mass is 16.4. The van der Waals surface area contributed by atoms with E-state index in [1.165, 1.54) is 12.3 Å². The molecule has 5 heteroatoms. The van der Waals surface area contributed by atoms with E-state index < -0.39 is 6.10 Å². The molecule has 0 aliphatic heterocycles. The molecule has 0 saturated carbocycles. The predicted octanol–water partition coefficient (Wildman–Crippen LogP) is 2.54. The highest BCUT2D eigenvalue weighted by Gasteiger charge is 2.18. The fourth-order valence-corrected chi connectivity index (χ4v) is 2.16. The minimum atomic E-state index is -0.763. The van der Waals surface area contributed by atoms with E-state index in [4.69, 9.17) is 4.42 Å². The summed E-state index contributed by atoms with van der Waals surface area (Å²) in [5, 5.41) is 22.4. The first-order valence-electron chi connectivity index (χ1n) is 6.80. The van der Waals surface area contributed by atoms with Crippen molar-refractivity contribution >= 4 is 5.91 Å². The number of carbonyl (C=O) groups excluding carboxylic acids is 1. The Bertz CT molecular complexity index is 607. The van der Waals surface area contributed by atoms with Gasteiger partial charge in [0.2, 0.25) is 0 Å². The van der Waals surface area contributed by atoms with Crippen LogP contribution >= 0.6 is 0 Å². The molecule has 1 aromatic carbocycles. The first-order chi connectivity index (χ1) is 9.99. The van der Waals surface area contributed by atoms with Crippen LogP contribution in [0.4, 0.5) is 0 Å². The molecular weight excluding hydrogens is 270 g/mol. The van der Waals surface area contributed by atoms with Gasteiger partial charge in [-0.1, -0.05) is 6.07 Å². The zero-order chi connectivity index (χ0) is 15.4. The Kier molecular flexibility index (Phi) is 4.65. The van der Waals surface area contributed by atoms with Crippen molar-refractivity contribution in [1.29, 1.82) is 0 Å². The van der Waals surface area contributed by atoms with Gasteiger partial charge in [0.05, 0.1) is 6.26 Å². The minimum absolute atomic E-state index is 0.0888. The number of nitrogens with one attached hydrogen (secondary N) is 1. The SMILES string of the molecule is Cc1c(O)cccc1C(=O)NC(C)CC(O)c1ccco1. The van der Waals surface area contributed by atoms with Crippen LogP contribution < -0.4 is 5.32 Å². The number of phenols is 1. The van der Waals surface area contributed by atoms with Crippen LogP contribution in [-0.2, 0) is 0 Å². The summed E-state index contributed by atoms with van der Waals surface area (Å²) in [6, 6.07) is 7.98. The Morgan fingerprint density at radius 1 is 1.33 bits per heavy atom. The van der Waals surface area contributed by atoms with Crippen molar-refractivity contribution in [1.82, 2.24) is 5.32 Å². The van der Waals surface area contributed by atoms with Crippen LogP contribution in [0.2, 0.25) is 0 Å². The molecule has 0 aliphatic carbocycles. The van der Waals surface area contributed by atoms with E-state index in [0.717, 1.165) is 0 Å². The normalized spacial score (nSPS) is 13.7. The van der Waals surface area contributed by atoms with E-state index in [-0.39, 0.29) is 17.7 Å². The molecule has 3 N–H and O–H groups in total. The van der Waals surface area contributed by atoms with Crippen molar-refractivity contribution in [3.05, 3.63) is 53.5 Å². The van der Waals surface area contributed by atoms with Gasteiger partial charge in [0.15, 0.2) is 0 Å². The maximum Gasteiger partial charge on any atom is 0.251 e. The molecule has 0 radical (unpaired) electrons. The molecule has 0 aliphatic rings. The van der Waals surface area contributed by atoms with Gasteiger partial charge in [-0.2, -0.15) is 0 Å². The molecule has 1 heterocycles. The van der Waals surface area contributed by atoms with E-state index in [1.54, 1.807) is 31.2 Å². The Balaban J connectivity index is 1.97. The Morgan fingerprint density at radius 3 is 2.76 bits per heavy atom. The third-order valence-corrected chi connectivity index (χ3v) is 3.38. The van der Waals surface area contributed by atoms with Gasteiger partial charge in [0, 0.05) is 23.6 Å². The maximum atomic E-state index is 12.2. The number of hydrogen-bond acceptors (Lipinski definition) is 4. The lowest BCUT2D eigenvalue weighted by atomic mass is 10.1. The Morgan fingerprint density at radius 2 is 2.10 bits per heavy atom. The van der Waals surface area contributed by atoms with Crippen LogP contribution in [0.3, 0.4) is 0 Å². The number of aromatic hydroxyl groups is 1. The van der Waals surface area contributed by atoms with Crippen LogP contribution in [0, 0.1) is 6.92 Å². The van der Waals surface area contributed by atoms with Crippen molar-refractivity contribution in [3.63, 3.8) is 0 Å². The number of phenolic OH excluding ortho intramolecular Hbond substituents is 1. The number of furan rings is 1. The smallest absolute Gasteiger partial charge is 0.251 e. The summed E-state index contributed by atoms with van der Waals surface area (Å²) in [7, 11) is 0. The van der Waals surface area contributed by atoms with Gasteiger partial charge in [-0.15, -0.1) is 0 Å². The topological polar surface area (TPSA) is 82.7 Å². The highest BCUT2D eigenvalue weighted by Crippen LogP contribution is 2.21. The molecule has 1 aromatic heterocycles. The highest BCUT2D eigenvalue weighted by molar-refractivity contribution is 5.96. The van der Waals surface area contributed by atoms with Crippen LogP contribution in [0.25, 0.3) is 0 Å². The largest absolute Gasteiger partial charge is 0.508 e. The number of aliphatic hydroxyl groups excluding tert-OH is 1. The van der Waals surface area contributed by atoms with Gasteiger partial charge < -0.3 is 19.9 Å². The molecule has 0 spiro atoms. The molecule has 0 fully saturated rings. The minimum Gasteiger partial charge on any atom is -0.508 e. The summed E-state index contributed by atoms with van der Waals surface area (Å²) >= 11 is 0. The molecule has 5 nitrogen and oxygen atoms in total. The average Bonchev–Trinajstić information content (AvgIpc) is 2.95. The molecule has 2 atom stereocenters. The lowest BCUT2D eigenvalue weighted by Gasteiger charge is -2.17. The van der Waals surface area contributed by atoms with Crippen LogP contribution in [0.15, 0.2) is 41.0 Å². The summed E-state index contributed by atoms with van der Waals surface area (Å²) in [5.74, 6) is 0.290. The van der Waals surface area contributed by atoms with E-state index in [2.05, 4.69) is 5.32 Å². The van der Waals surface area contributed by atoms with Gasteiger partial charge in [-0.05, 0) is 38.1 Å². The summed E-state index contributed by atoms with van der Waals surface area (Å²) in [5.41, 5.74) is 0.961. The summed E-state index contributed by atoms with van der Waals surface area (Å²) in [4.78, 5) is 12.2. The van der Waals surface area contributed by atoms with Crippen LogP contribution in [0.1, 0.15) is 41.1 Å². The first kappa shape index (κ1) is 15.1. The second-order valence-electron chi connectivity index (χ2n) is 5.09. The first-order valence-corrected chi connectivity index (χ1v) is 6.80. The molecule has 0 bridgehead atoms. The average molecular weight is 289 g/mol. The number of aliphatic hydroxyl groups is 1. The quantitative estimate of drug-likeness (QED) is 0.790. The monoisotopic (exact) mass is 289 g/mol. The summed E-state index contributed by atoms with van der Waals surface area (Å²) in [6.45, 7) is 3.49. The van der Waals surface area contributed by atoms with Gasteiger partial charge in [-0.25, -0.2) is 0 Å². The lowest BCUT2D eigenvalue weighted by Crippen LogP contribution is -2.34. The Hall–Kier alpha value is -2.27. The number of rotatable bonds is 5. The number of benzene rings is 1. The molecule has 2 aromatic rings. The number of carbonyl (C=O) groups is 1. The van der Waals surface area contributed by atoms with E-state index >= 15 is 0 Å². The number of hydrogen-bond donors (Lipinski definition) is 3. The van der Waals surface area contributed by atoms with Crippen molar-refractivity contribution in [2.75, 3.05) is 0 Å². The third-order valence-electron chi connectivity index (χ3n) is 3.38. The van der Waals surface area contributed by atoms with E-state index in [0.29, 0.717) is 23.3 Å². The van der Waals surface area contributed by atoms with Crippen LogP contribution in [0.5, 0.6) is 5.75 Å². The summed E-state index contributed by atoms with van der Waals surface area (Å²) in [6.07, 6.45) is 1.08. The number of amides is 1. The molecule has 1 amide bonds. The van der Waals surface area contributed by atoms with E-state index in [9.17, 15) is 15.0 Å². The molecule has 2 unspecified atom stereocenters. The van der Waals surface area contributed by atoms with Crippen molar-refractivity contribution in [2.45, 2.75) is 32.4 Å². The molecule has 21 heavy (non-hydrogen) atoms. The molecule has 2 rings (SSSR count). The summed E-state index contributed by atoms with van der Waals surface area (Å²) < 4.78 is 5.12. The molecular formula is C16H19NO4. The maximum absolute atomic E-state index is 12.2. The molecule has 0 saturated heterocycles. The van der Waals surface area contributed by atoms with E-state index in [1.807, 2.05) is 6.92 Å². The lowest BCUT2D eigenvalue weighted by molar-refractivity contribution is 0.0902. The van der Waals surface area contributed by atoms with Gasteiger partial charge in [0.1, 0.15) is 17.6 Å². The predicted molar refractivity (Wildman–Crippen MR) is 78.1 cm³/mol. The fraction of sp³-hybridized carbons (Fsp3) is 0.312. The van der Waals surface area contributed by atoms with Crippen molar-refractivity contribution in [3.8, 4) is 5.75 Å². The van der Waals surface area contributed by atoms with Crippen molar-refractivity contribution in [2.24, 2.45) is 0 Å². The zero-order valence-corrected chi connectivity index (χ0v) is 12.0. The van der Waals surface area contributed by atoms with Gasteiger partial charge in [0.25, 0.3) is 5.91 Å². The fourth-order valence-electron chi connectivity index (χ4n) is 2.16. The molecule has 112 valence electrons. The van der Waals surface area contributed by atoms with Gasteiger partial charge >= 0.3 is 0 Å². The second kappa shape index (κ2) is 6.45. The third kappa shape index (κ3) is 3.64. The van der Waals surface area contributed by atoms with Crippen molar-refractivity contribution < 1.29 is 19.4 Å². The van der Waals surface area contributed by atoms with Crippen LogP contribution in [-0.4, -0.2) is 22.2 Å². The second-order valence-corrected chi connectivity index (χ2v) is 5.09. The Labute approximate surface area is 123 Å².